The third kappa shape index (κ3) is 4.66. The van der Waals surface area contributed by atoms with Gasteiger partial charge in [-0.25, -0.2) is 4.57 Å². The summed E-state index contributed by atoms with van der Waals surface area (Å²) in [6.07, 6.45) is 0. The van der Waals surface area contributed by atoms with Gasteiger partial charge in [0.25, 0.3) is 0 Å². The zero-order valence-corrected chi connectivity index (χ0v) is 16.4. The molecule has 0 spiro atoms. The van der Waals surface area contributed by atoms with Crippen molar-refractivity contribution in [2.75, 3.05) is 5.09 Å². The second kappa shape index (κ2) is 8.24. The lowest BCUT2D eigenvalue weighted by molar-refractivity contribution is 0.393. The smallest absolute Gasteiger partial charge is 0.399 e. The van der Waals surface area contributed by atoms with Gasteiger partial charge in [0, 0.05) is 0 Å². The Balaban J connectivity index is 1.97. The fourth-order valence-electron chi connectivity index (χ4n) is 2.06. The number of nitrogens with one attached hydrogen (secondary N) is 1. The molecule has 0 bridgehead atoms. The van der Waals surface area contributed by atoms with Crippen LogP contribution in [-0.4, -0.2) is 0 Å². The number of anilines is 1. The molecule has 0 amide bonds. The molecule has 0 aliphatic rings. The third-order valence-electron chi connectivity index (χ3n) is 3.24. The predicted molar refractivity (Wildman–Crippen MR) is 107 cm³/mol. The molecule has 3 rings (SSSR count). The van der Waals surface area contributed by atoms with Gasteiger partial charge in [-0.1, -0.05) is 71.2 Å². The molecule has 1 N–H and O–H groups in total. The van der Waals surface area contributed by atoms with Crippen molar-refractivity contribution in [1.82, 2.24) is 0 Å². The van der Waals surface area contributed by atoms with E-state index in [1.807, 2.05) is 0 Å². The minimum atomic E-state index is -3.97. The van der Waals surface area contributed by atoms with Gasteiger partial charge in [-0.05, 0) is 36.4 Å². The van der Waals surface area contributed by atoms with Crippen molar-refractivity contribution >= 4 is 48.2 Å². The molecule has 0 aliphatic carbocycles. The molecule has 134 valence electrons. The highest BCUT2D eigenvalue weighted by molar-refractivity contribution is 7.56. The van der Waals surface area contributed by atoms with E-state index in [2.05, 4.69) is 5.09 Å². The van der Waals surface area contributed by atoms with Crippen molar-refractivity contribution in [1.29, 1.82) is 0 Å². The highest BCUT2D eigenvalue weighted by Gasteiger charge is 2.31. The van der Waals surface area contributed by atoms with Crippen LogP contribution in [0.1, 0.15) is 0 Å². The van der Waals surface area contributed by atoms with Crippen molar-refractivity contribution in [2.24, 2.45) is 0 Å². The fourth-order valence-corrected chi connectivity index (χ4v) is 4.22. The summed E-state index contributed by atoms with van der Waals surface area (Å²) in [6.45, 7) is 0. The minimum absolute atomic E-state index is 0.198. The first-order chi connectivity index (χ1) is 12.5. The van der Waals surface area contributed by atoms with E-state index >= 15 is 0 Å². The molecule has 0 aromatic heterocycles. The molecular weight excluding hydrogens is 416 g/mol. The van der Waals surface area contributed by atoms with Gasteiger partial charge in [0.15, 0.2) is 11.5 Å². The zero-order valence-electron chi connectivity index (χ0n) is 13.2. The van der Waals surface area contributed by atoms with Crippen LogP contribution in [0, 0.1) is 0 Å². The maximum absolute atomic E-state index is 13.4. The molecule has 3 aromatic rings. The SMILES string of the molecule is O=P(Nc1ccccc1Cl)(Oc1ccccc1Cl)Oc1ccccc1Cl. The van der Waals surface area contributed by atoms with E-state index in [1.165, 1.54) is 0 Å². The molecule has 0 fully saturated rings. The van der Waals surface area contributed by atoms with E-state index < -0.39 is 7.75 Å². The summed E-state index contributed by atoms with van der Waals surface area (Å²) >= 11 is 18.4. The summed E-state index contributed by atoms with van der Waals surface area (Å²) in [6, 6.07) is 20.1. The van der Waals surface area contributed by atoms with Crippen LogP contribution in [0.5, 0.6) is 11.5 Å². The maximum atomic E-state index is 13.4. The molecule has 0 heterocycles. The van der Waals surface area contributed by atoms with Gasteiger partial charge < -0.3 is 9.05 Å². The van der Waals surface area contributed by atoms with Gasteiger partial charge >= 0.3 is 7.75 Å². The number of hydrogen-bond acceptors (Lipinski definition) is 3. The Labute approximate surface area is 166 Å². The number of benzene rings is 3. The molecule has 0 saturated carbocycles. The van der Waals surface area contributed by atoms with E-state index in [-0.39, 0.29) is 21.5 Å². The fraction of sp³-hybridized carbons (Fsp3) is 0. The molecule has 0 unspecified atom stereocenters. The molecular formula is C18H13Cl3NO3P. The summed E-state index contributed by atoms with van der Waals surface area (Å²) in [5.74, 6) is 0.396. The second-order valence-corrected chi connectivity index (χ2v) is 7.94. The molecule has 0 aliphatic heterocycles. The van der Waals surface area contributed by atoms with Crippen molar-refractivity contribution in [3.8, 4) is 11.5 Å². The van der Waals surface area contributed by atoms with Crippen molar-refractivity contribution in [2.45, 2.75) is 0 Å². The Hall–Kier alpha value is -1.84. The van der Waals surface area contributed by atoms with E-state index in [0.717, 1.165) is 0 Å². The largest absolute Gasteiger partial charge is 0.541 e. The van der Waals surface area contributed by atoms with Crippen LogP contribution in [0.2, 0.25) is 15.1 Å². The van der Waals surface area contributed by atoms with Gasteiger partial charge in [-0.2, -0.15) is 0 Å². The minimum Gasteiger partial charge on any atom is -0.399 e. The topological polar surface area (TPSA) is 47.6 Å². The van der Waals surface area contributed by atoms with Gasteiger partial charge in [0.05, 0.1) is 20.8 Å². The Morgan fingerprint density at radius 2 is 1.08 bits per heavy atom. The van der Waals surface area contributed by atoms with Crippen LogP contribution in [0.25, 0.3) is 0 Å². The molecule has 0 atom stereocenters. The highest BCUT2D eigenvalue weighted by Crippen LogP contribution is 2.51. The Morgan fingerprint density at radius 3 is 1.54 bits per heavy atom. The van der Waals surface area contributed by atoms with Crippen LogP contribution in [0.15, 0.2) is 72.8 Å². The lowest BCUT2D eigenvalue weighted by Crippen LogP contribution is -2.10. The number of para-hydroxylation sites is 3. The molecule has 8 heteroatoms. The molecule has 0 radical (unpaired) electrons. The summed E-state index contributed by atoms with van der Waals surface area (Å²) in [7, 11) is -3.97. The van der Waals surface area contributed by atoms with E-state index in [4.69, 9.17) is 43.9 Å². The third-order valence-corrected chi connectivity index (χ3v) is 5.58. The maximum Gasteiger partial charge on any atom is 0.541 e. The van der Waals surface area contributed by atoms with Gasteiger partial charge in [0.1, 0.15) is 0 Å². The molecule has 4 nitrogen and oxygen atoms in total. The van der Waals surface area contributed by atoms with Gasteiger partial charge in [-0.3, -0.25) is 5.09 Å². The molecule has 3 aromatic carbocycles. The number of rotatable bonds is 6. The highest BCUT2D eigenvalue weighted by atomic mass is 35.5. The van der Waals surface area contributed by atoms with Crippen LogP contribution >= 0.6 is 42.5 Å². The van der Waals surface area contributed by atoms with Gasteiger partial charge in [0.2, 0.25) is 0 Å². The second-order valence-electron chi connectivity index (χ2n) is 5.13. The average molecular weight is 429 g/mol. The standard InChI is InChI=1S/C18H13Cl3NO3P/c19-13-7-1-4-10-16(13)22-26(23,24-17-11-5-2-8-14(17)20)25-18-12-6-3-9-15(18)21/h1-12H,(H,22,23). The average Bonchev–Trinajstić information content (AvgIpc) is 2.61. The lowest BCUT2D eigenvalue weighted by atomic mass is 10.3. The van der Waals surface area contributed by atoms with E-state index in [9.17, 15) is 4.57 Å². The monoisotopic (exact) mass is 427 g/mol. The first-order valence-electron chi connectivity index (χ1n) is 7.48. The lowest BCUT2D eigenvalue weighted by Gasteiger charge is -2.22. The predicted octanol–water partition coefficient (Wildman–Crippen LogP) is 7.32. The van der Waals surface area contributed by atoms with Crippen LogP contribution in [0.3, 0.4) is 0 Å². The summed E-state index contributed by atoms with van der Waals surface area (Å²) in [5.41, 5.74) is 0.386. The van der Waals surface area contributed by atoms with Crippen molar-refractivity contribution in [3.63, 3.8) is 0 Å². The number of hydrogen-bond donors (Lipinski definition) is 1. The first-order valence-corrected chi connectivity index (χ1v) is 10.2. The Morgan fingerprint density at radius 1 is 0.654 bits per heavy atom. The quantitative estimate of drug-likeness (QED) is 0.418. The number of halogens is 3. The molecule has 26 heavy (non-hydrogen) atoms. The Bertz CT molecular complexity index is 845. The van der Waals surface area contributed by atoms with Crippen molar-refractivity contribution in [3.05, 3.63) is 87.9 Å². The van der Waals surface area contributed by atoms with Crippen LogP contribution in [-0.2, 0) is 4.57 Å². The summed E-state index contributed by atoms with van der Waals surface area (Å²) in [4.78, 5) is 0. The van der Waals surface area contributed by atoms with Gasteiger partial charge in [-0.15, -0.1) is 0 Å². The Kier molecular flexibility index (Phi) is 6.00. The van der Waals surface area contributed by atoms with E-state index in [0.29, 0.717) is 10.7 Å². The summed E-state index contributed by atoms with van der Waals surface area (Å²) < 4.78 is 24.7. The van der Waals surface area contributed by atoms with Crippen molar-refractivity contribution < 1.29 is 13.6 Å². The van der Waals surface area contributed by atoms with Crippen LogP contribution in [0.4, 0.5) is 5.69 Å². The summed E-state index contributed by atoms with van der Waals surface area (Å²) in [5, 5.41) is 3.67. The van der Waals surface area contributed by atoms with E-state index in [1.54, 1.807) is 72.8 Å². The normalized spacial score (nSPS) is 11.0. The van der Waals surface area contributed by atoms with Crippen LogP contribution < -0.4 is 14.1 Å². The first kappa shape index (κ1) is 18.9. The zero-order chi connectivity index (χ0) is 18.6. The molecule has 0 saturated heterocycles.